The third-order valence-electron chi connectivity index (χ3n) is 4.84. The molecule has 3 heterocycles. The molecule has 2 fully saturated rings. The molecule has 2 bridgehead atoms. The lowest BCUT2D eigenvalue weighted by Gasteiger charge is -2.51. The molecule has 0 saturated carbocycles. The van der Waals surface area contributed by atoms with Gasteiger partial charge in [0, 0.05) is 5.56 Å². The van der Waals surface area contributed by atoms with Crippen molar-refractivity contribution in [3.8, 4) is 0 Å². The number of carbonyl (C=O) groups is 2. The maximum atomic E-state index is 12.6. The average molecular weight is 374 g/mol. The topological polar surface area (TPSA) is 77.5 Å². The Morgan fingerprint density at radius 1 is 0.889 bits per heavy atom. The van der Waals surface area contributed by atoms with Crippen molar-refractivity contribution < 1.29 is 28.5 Å². The molecule has 5 rings (SSSR count). The van der Waals surface area contributed by atoms with Crippen molar-refractivity contribution in [2.75, 3.05) is 13.2 Å². The molecule has 2 saturated heterocycles. The fraction of sp³-hybridized carbons (Fsp3) is 0.474. The highest BCUT2D eigenvalue weighted by molar-refractivity contribution is 5.76. The highest BCUT2D eigenvalue weighted by Gasteiger charge is 2.59. The number of hydrogen-bond donors (Lipinski definition) is 0. The summed E-state index contributed by atoms with van der Waals surface area (Å²) < 4.78 is 22.6. The molecule has 4 aliphatic rings. The smallest absolute Gasteiger partial charge is 0.429 e. The quantitative estimate of drug-likeness (QED) is 0.757. The van der Waals surface area contributed by atoms with Gasteiger partial charge in [-0.25, -0.2) is 19.6 Å². The van der Waals surface area contributed by atoms with Gasteiger partial charge in [-0.05, 0) is 13.8 Å². The zero-order valence-corrected chi connectivity index (χ0v) is 15.2. The lowest BCUT2D eigenvalue weighted by molar-refractivity contribution is -0.134. The predicted molar refractivity (Wildman–Crippen MR) is 93.4 cm³/mol. The van der Waals surface area contributed by atoms with Crippen LogP contribution in [-0.4, -0.2) is 59.7 Å². The number of rotatable bonds is 3. The van der Waals surface area contributed by atoms with Gasteiger partial charge >= 0.3 is 12.2 Å². The zero-order chi connectivity index (χ0) is 19.0. The fourth-order valence-corrected chi connectivity index (χ4v) is 3.76. The molecule has 0 spiro atoms. The molecule has 8 heteroatoms. The van der Waals surface area contributed by atoms with Gasteiger partial charge in [-0.15, -0.1) is 0 Å². The van der Waals surface area contributed by atoms with Crippen LogP contribution in [0.1, 0.15) is 25.7 Å². The van der Waals surface area contributed by atoms with E-state index >= 15 is 0 Å². The first-order valence-electron chi connectivity index (χ1n) is 9.11. The van der Waals surface area contributed by atoms with Crippen molar-refractivity contribution in [1.82, 2.24) is 10.0 Å². The zero-order valence-electron chi connectivity index (χ0n) is 15.2. The van der Waals surface area contributed by atoms with Crippen molar-refractivity contribution >= 4 is 12.2 Å². The summed E-state index contributed by atoms with van der Waals surface area (Å²) in [4.78, 5) is 25.1. The van der Waals surface area contributed by atoms with E-state index in [9.17, 15) is 9.59 Å². The molecule has 0 aromatic heterocycles. The number of ether oxygens (including phenoxy) is 4. The van der Waals surface area contributed by atoms with Crippen LogP contribution in [0.5, 0.6) is 0 Å². The first-order chi connectivity index (χ1) is 13.2. The van der Waals surface area contributed by atoms with Crippen LogP contribution < -0.4 is 0 Å². The Labute approximate surface area is 157 Å². The molecule has 8 nitrogen and oxygen atoms in total. The summed E-state index contributed by atoms with van der Waals surface area (Å²) in [6, 6.07) is 8.54. The predicted octanol–water partition coefficient (Wildman–Crippen LogP) is 2.62. The standard InChI is InChI=1S/C19H22N2O6/c1-3-24-18(22)20-13-10-11-14(21(20)19(23)25-4-2)16-15(13)26-17(27-16)12-8-6-5-7-9-12/h5-11,13-17H,3-4H2,1-2H3/t13-,14+,15+,16-,17?. The monoisotopic (exact) mass is 374 g/mol. The first kappa shape index (κ1) is 17.8. The number of benzene rings is 1. The Morgan fingerprint density at radius 2 is 1.37 bits per heavy atom. The van der Waals surface area contributed by atoms with Gasteiger partial charge < -0.3 is 18.9 Å². The molecule has 3 aliphatic heterocycles. The van der Waals surface area contributed by atoms with E-state index in [2.05, 4.69) is 0 Å². The number of fused-ring (bicyclic) bond motifs is 1. The second-order valence-corrected chi connectivity index (χ2v) is 6.40. The SMILES string of the molecule is CCOC(=O)N1[C@@H]2C=C[C@@H]([C@H]3OC(c4ccccc4)O[C@H]32)N1C(=O)OCC. The molecule has 1 unspecified atom stereocenters. The summed E-state index contributed by atoms with van der Waals surface area (Å²) in [7, 11) is 0. The van der Waals surface area contributed by atoms with Crippen LogP contribution >= 0.6 is 0 Å². The summed E-state index contributed by atoms with van der Waals surface area (Å²) >= 11 is 0. The molecule has 144 valence electrons. The normalized spacial score (nSPS) is 31.0. The Morgan fingerprint density at radius 3 is 1.81 bits per heavy atom. The molecule has 2 amide bonds. The van der Waals surface area contributed by atoms with E-state index in [4.69, 9.17) is 18.9 Å². The lowest BCUT2D eigenvalue weighted by atomic mass is 9.88. The van der Waals surface area contributed by atoms with E-state index in [1.165, 1.54) is 10.0 Å². The van der Waals surface area contributed by atoms with E-state index in [0.717, 1.165) is 5.56 Å². The van der Waals surface area contributed by atoms with E-state index < -0.39 is 42.8 Å². The van der Waals surface area contributed by atoms with Crippen LogP contribution in [0.25, 0.3) is 0 Å². The van der Waals surface area contributed by atoms with E-state index in [1.54, 1.807) is 13.8 Å². The van der Waals surface area contributed by atoms with Gasteiger partial charge in [-0.1, -0.05) is 42.5 Å². The summed E-state index contributed by atoms with van der Waals surface area (Å²) in [5.74, 6) is 0. The van der Waals surface area contributed by atoms with E-state index in [-0.39, 0.29) is 13.2 Å². The molecule has 1 aromatic rings. The number of nitrogens with zero attached hydrogens (tertiary/aromatic N) is 2. The van der Waals surface area contributed by atoms with Crippen molar-refractivity contribution in [3.63, 3.8) is 0 Å². The Hall–Kier alpha value is -2.58. The lowest BCUT2D eigenvalue weighted by Crippen LogP contribution is -2.72. The summed E-state index contributed by atoms with van der Waals surface area (Å²) in [5.41, 5.74) is 0.886. The number of hydrazine groups is 1. The van der Waals surface area contributed by atoms with E-state index in [1.807, 2.05) is 42.5 Å². The Bertz CT molecular complexity index is 697. The highest BCUT2D eigenvalue weighted by Crippen LogP contribution is 2.44. The van der Waals surface area contributed by atoms with Gasteiger partial charge in [0.05, 0.1) is 13.2 Å². The molecular weight excluding hydrogens is 352 g/mol. The van der Waals surface area contributed by atoms with Gasteiger partial charge in [0.2, 0.25) is 0 Å². The number of carbonyl (C=O) groups excluding carboxylic acids is 2. The Kier molecular flexibility index (Phi) is 4.75. The largest absolute Gasteiger partial charge is 0.448 e. The summed E-state index contributed by atoms with van der Waals surface area (Å²) in [6.45, 7) is 3.83. The van der Waals surface area contributed by atoms with Crippen LogP contribution in [0.15, 0.2) is 42.5 Å². The van der Waals surface area contributed by atoms with Gasteiger partial charge in [0.25, 0.3) is 0 Å². The number of amides is 2. The molecule has 0 N–H and O–H groups in total. The maximum Gasteiger partial charge on any atom is 0.429 e. The van der Waals surface area contributed by atoms with Crippen LogP contribution in [0, 0.1) is 0 Å². The number of hydrogen-bond acceptors (Lipinski definition) is 6. The molecular formula is C19H22N2O6. The van der Waals surface area contributed by atoms with Crippen LogP contribution in [0.3, 0.4) is 0 Å². The first-order valence-corrected chi connectivity index (χ1v) is 9.11. The molecule has 0 radical (unpaired) electrons. The summed E-state index contributed by atoms with van der Waals surface area (Å²) in [6.07, 6.45) is 1.12. The molecule has 1 aromatic carbocycles. The second kappa shape index (κ2) is 7.21. The third kappa shape index (κ3) is 2.94. The van der Waals surface area contributed by atoms with Crippen molar-refractivity contribution in [1.29, 1.82) is 0 Å². The third-order valence-corrected chi connectivity index (χ3v) is 4.84. The Balaban J connectivity index is 1.65. The van der Waals surface area contributed by atoms with Crippen molar-refractivity contribution in [3.05, 3.63) is 48.0 Å². The van der Waals surface area contributed by atoms with Gasteiger partial charge in [-0.3, -0.25) is 0 Å². The van der Waals surface area contributed by atoms with Gasteiger partial charge in [0.1, 0.15) is 24.3 Å². The maximum absolute atomic E-state index is 12.6. The highest BCUT2D eigenvalue weighted by atomic mass is 16.7. The summed E-state index contributed by atoms with van der Waals surface area (Å²) in [5, 5.41) is 2.56. The minimum atomic E-state index is -0.616. The van der Waals surface area contributed by atoms with Crippen molar-refractivity contribution in [2.45, 2.75) is 44.4 Å². The molecule has 5 atom stereocenters. The average Bonchev–Trinajstić information content (AvgIpc) is 3.16. The minimum absolute atomic E-state index is 0.200. The van der Waals surface area contributed by atoms with Gasteiger partial charge in [0.15, 0.2) is 6.29 Å². The van der Waals surface area contributed by atoms with Crippen LogP contribution in [0.4, 0.5) is 9.59 Å². The van der Waals surface area contributed by atoms with Crippen molar-refractivity contribution in [2.24, 2.45) is 0 Å². The van der Waals surface area contributed by atoms with E-state index in [0.29, 0.717) is 0 Å². The molecule has 27 heavy (non-hydrogen) atoms. The molecule has 1 aliphatic carbocycles. The second-order valence-electron chi connectivity index (χ2n) is 6.40. The van der Waals surface area contributed by atoms with Crippen LogP contribution in [0.2, 0.25) is 0 Å². The fourth-order valence-electron chi connectivity index (χ4n) is 3.76. The minimum Gasteiger partial charge on any atom is -0.448 e. The van der Waals surface area contributed by atoms with Gasteiger partial charge in [-0.2, -0.15) is 0 Å². The van der Waals surface area contributed by atoms with Crippen LogP contribution in [-0.2, 0) is 18.9 Å².